The molecule has 0 fully saturated rings. The van der Waals surface area contributed by atoms with E-state index in [1.165, 1.54) is 38.2 Å². The van der Waals surface area contributed by atoms with Crippen molar-refractivity contribution in [3.63, 3.8) is 0 Å². The molecule has 106 valence electrons. The topological polar surface area (TPSA) is 0 Å². The highest BCUT2D eigenvalue weighted by atomic mass is 79.9. The summed E-state index contributed by atoms with van der Waals surface area (Å²) in [6, 6.07) is 28.2. The minimum absolute atomic E-state index is 0.865. The molecule has 0 atom stereocenters. The number of benzene rings is 4. The Labute approximate surface area is 138 Å². The molecule has 0 saturated heterocycles. The Morgan fingerprint density at radius 3 is 2.05 bits per heavy atom. The van der Waals surface area contributed by atoms with Crippen molar-refractivity contribution in [2.24, 2.45) is 0 Å². The van der Waals surface area contributed by atoms with Crippen LogP contribution in [0.5, 0.6) is 0 Å². The van der Waals surface area contributed by atoms with E-state index in [1.807, 2.05) is 0 Å². The molecule has 0 nitrogen and oxygen atoms in total. The summed E-state index contributed by atoms with van der Waals surface area (Å²) >= 11 is 3.62. The van der Waals surface area contributed by atoms with Gasteiger partial charge in [-0.3, -0.25) is 0 Å². The maximum Gasteiger partial charge on any atom is 0.0289 e. The van der Waals surface area contributed by atoms with Crippen molar-refractivity contribution in [1.82, 2.24) is 0 Å². The van der Waals surface area contributed by atoms with Crippen molar-refractivity contribution >= 4 is 37.5 Å². The Hall–Kier alpha value is -2.12. The zero-order valence-electron chi connectivity index (χ0n) is 12.1. The third-order valence-electron chi connectivity index (χ3n) is 4.22. The van der Waals surface area contributed by atoms with E-state index in [1.54, 1.807) is 0 Å². The Morgan fingerprint density at radius 1 is 0.591 bits per heavy atom. The number of rotatable bonds is 2. The molecule has 0 amide bonds. The van der Waals surface area contributed by atoms with Crippen LogP contribution < -0.4 is 0 Å². The molecule has 0 aliphatic rings. The van der Waals surface area contributed by atoms with Crippen molar-refractivity contribution in [2.75, 3.05) is 0 Å². The van der Waals surface area contributed by atoms with Gasteiger partial charge >= 0.3 is 0 Å². The summed E-state index contributed by atoms with van der Waals surface area (Å²) in [6.07, 6.45) is 0. The lowest BCUT2D eigenvalue weighted by Crippen LogP contribution is -1.88. The molecule has 0 aromatic heterocycles. The molecule has 0 heterocycles. The normalized spacial score (nSPS) is 11.1. The molecule has 4 aromatic rings. The lowest BCUT2D eigenvalue weighted by molar-refractivity contribution is 1.44. The van der Waals surface area contributed by atoms with Gasteiger partial charge in [-0.05, 0) is 44.3 Å². The Kier molecular flexibility index (Phi) is 3.44. The van der Waals surface area contributed by atoms with Gasteiger partial charge in [-0.15, -0.1) is 0 Å². The van der Waals surface area contributed by atoms with E-state index >= 15 is 0 Å². The summed E-state index contributed by atoms with van der Waals surface area (Å²) in [7, 11) is 0. The zero-order chi connectivity index (χ0) is 14.9. The molecule has 1 heteroatoms. The minimum Gasteiger partial charge on any atom is -0.0876 e. The highest BCUT2D eigenvalue weighted by Gasteiger charge is 2.10. The first-order valence-electron chi connectivity index (χ1n) is 7.43. The van der Waals surface area contributed by atoms with Crippen LogP contribution in [0.2, 0.25) is 0 Å². The van der Waals surface area contributed by atoms with Gasteiger partial charge in [0.1, 0.15) is 0 Å². The van der Waals surface area contributed by atoms with Gasteiger partial charge in [0.2, 0.25) is 0 Å². The van der Waals surface area contributed by atoms with Gasteiger partial charge in [0.15, 0.2) is 0 Å². The van der Waals surface area contributed by atoms with Crippen LogP contribution in [0, 0.1) is 0 Å². The zero-order valence-corrected chi connectivity index (χ0v) is 13.7. The van der Waals surface area contributed by atoms with E-state index in [9.17, 15) is 0 Å². The van der Waals surface area contributed by atoms with Crippen LogP contribution >= 0.6 is 15.9 Å². The van der Waals surface area contributed by atoms with Crippen LogP contribution in [-0.4, -0.2) is 0 Å². The van der Waals surface area contributed by atoms with Crippen LogP contribution in [0.3, 0.4) is 0 Å². The largest absolute Gasteiger partial charge is 0.0876 e. The van der Waals surface area contributed by atoms with E-state index in [-0.39, 0.29) is 0 Å². The number of halogens is 1. The Morgan fingerprint density at radius 2 is 1.23 bits per heavy atom. The van der Waals surface area contributed by atoms with Crippen LogP contribution in [0.1, 0.15) is 5.56 Å². The fraction of sp³-hybridized carbons (Fsp3) is 0.0476. The maximum absolute atomic E-state index is 3.62. The average Bonchev–Trinajstić information content (AvgIpc) is 2.61. The smallest absolute Gasteiger partial charge is 0.0289 e. The van der Waals surface area contributed by atoms with Crippen molar-refractivity contribution in [3.05, 3.63) is 84.4 Å². The molecule has 0 saturated carbocycles. The highest BCUT2D eigenvalue weighted by Crippen LogP contribution is 2.36. The number of hydrogen-bond donors (Lipinski definition) is 0. The molecule has 22 heavy (non-hydrogen) atoms. The summed E-state index contributed by atoms with van der Waals surface area (Å²) in [5, 5.41) is 6.11. The van der Waals surface area contributed by atoms with Crippen LogP contribution in [0.15, 0.2) is 78.9 Å². The van der Waals surface area contributed by atoms with Crippen molar-refractivity contribution < 1.29 is 0 Å². The lowest BCUT2D eigenvalue weighted by Gasteiger charge is -2.13. The van der Waals surface area contributed by atoms with Crippen molar-refractivity contribution in [3.8, 4) is 11.1 Å². The molecule has 0 spiro atoms. The van der Waals surface area contributed by atoms with Gasteiger partial charge in [0.25, 0.3) is 0 Å². The predicted octanol–water partition coefficient (Wildman–Crippen LogP) is 6.55. The van der Waals surface area contributed by atoms with E-state index < -0.39 is 0 Å². The van der Waals surface area contributed by atoms with Gasteiger partial charge in [-0.2, -0.15) is 0 Å². The van der Waals surface area contributed by atoms with Crippen molar-refractivity contribution in [1.29, 1.82) is 0 Å². The number of alkyl halides is 1. The van der Waals surface area contributed by atoms with E-state index in [0.29, 0.717) is 0 Å². The second kappa shape index (κ2) is 5.58. The fourth-order valence-corrected chi connectivity index (χ4v) is 3.67. The van der Waals surface area contributed by atoms with Gasteiger partial charge in [0, 0.05) is 5.33 Å². The Bertz CT molecular complexity index is 970. The number of fused-ring (bicyclic) bond motifs is 3. The molecular weight excluding hydrogens is 332 g/mol. The quantitative estimate of drug-likeness (QED) is 0.285. The monoisotopic (exact) mass is 346 g/mol. The van der Waals surface area contributed by atoms with Crippen molar-refractivity contribution in [2.45, 2.75) is 5.33 Å². The van der Waals surface area contributed by atoms with Crippen LogP contribution in [0.25, 0.3) is 32.7 Å². The van der Waals surface area contributed by atoms with Gasteiger partial charge < -0.3 is 0 Å². The lowest BCUT2D eigenvalue weighted by atomic mass is 9.91. The first-order valence-corrected chi connectivity index (χ1v) is 8.55. The summed E-state index contributed by atoms with van der Waals surface area (Å²) in [6.45, 7) is 0. The summed E-state index contributed by atoms with van der Waals surface area (Å²) in [5.41, 5.74) is 3.94. The van der Waals surface area contributed by atoms with Gasteiger partial charge in [-0.1, -0.05) is 88.7 Å². The molecular formula is C21H15Br. The van der Waals surface area contributed by atoms with E-state index in [2.05, 4.69) is 94.8 Å². The number of hydrogen-bond acceptors (Lipinski definition) is 0. The molecule has 0 aliphatic carbocycles. The van der Waals surface area contributed by atoms with E-state index in [0.717, 1.165) is 5.33 Å². The predicted molar refractivity (Wildman–Crippen MR) is 99.5 cm³/mol. The fourth-order valence-electron chi connectivity index (χ4n) is 3.18. The van der Waals surface area contributed by atoms with Gasteiger partial charge in [0.05, 0.1) is 0 Å². The molecule has 0 bridgehead atoms. The second-order valence-electron chi connectivity index (χ2n) is 5.48. The molecule has 0 N–H and O–H groups in total. The van der Waals surface area contributed by atoms with Crippen LogP contribution in [0.4, 0.5) is 0 Å². The summed E-state index contributed by atoms with van der Waals surface area (Å²) < 4.78 is 0. The molecule has 0 radical (unpaired) electrons. The SMILES string of the molecule is BrCc1ccccc1-c1cc2ccccc2c2ccccc12. The van der Waals surface area contributed by atoms with E-state index in [4.69, 9.17) is 0 Å². The molecule has 0 aliphatic heterocycles. The molecule has 4 rings (SSSR count). The third-order valence-corrected chi connectivity index (χ3v) is 4.82. The molecule has 4 aromatic carbocycles. The first kappa shape index (κ1) is 13.5. The summed E-state index contributed by atoms with van der Waals surface area (Å²) in [4.78, 5) is 0. The Balaban J connectivity index is 2.16. The third kappa shape index (κ3) is 2.13. The summed E-state index contributed by atoms with van der Waals surface area (Å²) in [5.74, 6) is 0. The first-order chi connectivity index (χ1) is 10.9. The standard InChI is InChI=1S/C21H15Br/c22-14-16-8-2-4-10-18(16)21-13-15-7-1-3-9-17(15)19-11-5-6-12-20(19)21/h1-13H,14H2. The average molecular weight is 347 g/mol. The maximum atomic E-state index is 3.62. The minimum atomic E-state index is 0.865. The second-order valence-corrected chi connectivity index (χ2v) is 6.04. The van der Waals surface area contributed by atoms with Gasteiger partial charge in [-0.25, -0.2) is 0 Å². The molecule has 0 unspecified atom stereocenters. The van der Waals surface area contributed by atoms with Crippen LogP contribution in [-0.2, 0) is 5.33 Å². The highest BCUT2D eigenvalue weighted by molar-refractivity contribution is 9.08.